The first-order valence-corrected chi connectivity index (χ1v) is 7.09. The van der Waals surface area contributed by atoms with Gasteiger partial charge in [-0.2, -0.15) is 0 Å². The Kier molecular flexibility index (Phi) is 4.28. The number of ether oxygens (including phenoxy) is 1. The molecule has 4 nitrogen and oxygen atoms in total. The topological polar surface area (TPSA) is 49.9 Å². The summed E-state index contributed by atoms with van der Waals surface area (Å²) in [5, 5.41) is 4.50. The van der Waals surface area contributed by atoms with E-state index >= 15 is 0 Å². The number of nitrogens with zero attached hydrogens (tertiary/aromatic N) is 1. The van der Waals surface area contributed by atoms with Crippen LogP contribution in [0.25, 0.3) is 22.2 Å². The molecular weight excluding hydrogens is 262 g/mol. The number of aromatic nitrogens is 2. The zero-order chi connectivity index (χ0) is 14.5. The Morgan fingerprint density at radius 2 is 2.00 bits per heavy atom. The third kappa shape index (κ3) is 3.12. The molecule has 1 aromatic carbocycles. The van der Waals surface area contributed by atoms with Crippen LogP contribution in [-0.4, -0.2) is 30.2 Å². The molecule has 0 atom stereocenters. The van der Waals surface area contributed by atoms with Gasteiger partial charge in [0.25, 0.3) is 0 Å². The molecule has 3 aromatic rings. The molecule has 0 fully saturated rings. The number of methoxy groups -OCH3 is 1. The van der Waals surface area contributed by atoms with Gasteiger partial charge in [-0.1, -0.05) is 24.3 Å². The van der Waals surface area contributed by atoms with Gasteiger partial charge in [-0.05, 0) is 28.8 Å². The van der Waals surface area contributed by atoms with Crippen LogP contribution >= 0.6 is 0 Å². The van der Waals surface area contributed by atoms with E-state index in [1.807, 2.05) is 12.4 Å². The normalized spacial score (nSPS) is 11.1. The second-order valence-corrected chi connectivity index (χ2v) is 4.96. The molecule has 0 saturated carbocycles. The third-order valence-corrected chi connectivity index (χ3v) is 3.54. The van der Waals surface area contributed by atoms with Crippen molar-refractivity contribution < 1.29 is 4.74 Å². The summed E-state index contributed by atoms with van der Waals surface area (Å²) in [6.45, 7) is 2.46. The second kappa shape index (κ2) is 6.52. The molecule has 3 rings (SSSR count). The van der Waals surface area contributed by atoms with Gasteiger partial charge in [0.2, 0.25) is 0 Å². The molecule has 21 heavy (non-hydrogen) atoms. The standard InChI is InChI=1S/C17H19N3O/c1-21-11-10-18-12-13-2-4-14(5-3-13)15-6-8-19-17-16(15)7-9-20-17/h2-9,18H,10-12H2,1H3,(H,19,20). The van der Waals surface area contributed by atoms with E-state index in [-0.39, 0.29) is 0 Å². The molecule has 0 aliphatic rings. The first kappa shape index (κ1) is 13.8. The largest absolute Gasteiger partial charge is 0.383 e. The summed E-state index contributed by atoms with van der Waals surface area (Å²) in [6, 6.07) is 12.8. The summed E-state index contributed by atoms with van der Waals surface area (Å²) >= 11 is 0. The minimum absolute atomic E-state index is 0.737. The van der Waals surface area contributed by atoms with Crippen molar-refractivity contribution >= 4 is 11.0 Å². The molecule has 0 aliphatic carbocycles. The molecule has 0 radical (unpaired) electrons. The highest BCUT2D eigenvalue weighted by atomic mass is 16.5. The third-order valence-electron chi connectivity index (χ3n) is 3.54. The molecule has 0 saturated heterocycles. The Labute approximate surface area is 124 Å². The van der Waals surface area contributed by atoms with Gasteiger partial charge >= 0.3 is 0 Å². The fourth-order valence-electron chi connectivity index (χ4n) is 2.42. The quantitative estimate of drug-likeness (QED) is 0.683. The number of H-pyrrole nitrogens is 1. The van der Waals surface area contributed by atoms with Crippen LogP contribution in [-0.2, 0) is 11.3 Å². The zero-order valence-electron chi connectivity index (χ0n) is 12.1. The molecule has 2 heterocycles. The molecule has 4 heteroatoms. The Hall–Kier alpha value is -2.17. The first-order valence-electron chi connectivity index (χ1n) is 7.09. The summed E-state index contributed by atoms with van der Waals surface area (Å²) in [5.74, 6) is 0. The molecule has 108 valence electrons. The molecule has 0 spiro atoms. The number of nitrogens with one attached hydrogen (secondary N) is 2. The van der Waals surface area contributed by atoms with E-state index in [9.17, 15) is 0 Å². The maximum absolute atomic E-state index is 5.02. The first-order chi connectivity index (χ1) is 10.4. The average Bonchev–Trinajstić information content (AvgIpc) is 3.01. The van der Waals surface area contributed by atoms with Crippen molar-refractivity contribution in [1.82, 2.24) is 15.3 Å². The van der Waals surface area contributed by atoms with E-state index < -0.39 is 0 Å². The highest BCUT2D eigenvalue weighted by Crippen LogP contribution is 2.26. The number of pyridine rings is 1. The summed E-state index contributed by atoms with van der Waals surface area (Å²) in [7, 11) is 1.72. The van der Waals surface area contributed by atoms with Crippen LogP contribution in [0.3, 0.4) is 0 Å². The van der Waals surface area contributed by atoms with Crippen molar-refractivity contribution in [2.75, 3.05) is 20.3 Å². The number of benzene rings is 1. The van der Waals surface area contributed by atoms with Gasteiger partial charge in [-0.15, -0.1) is 0 Å². The van der Waals surface area contributed by atoms with Crippen molar-refractivity contribution in [3.8, 4) is 11.1 Å². The predicted molar refractivity (Wildman–Crippen MR) is 85.1 cm³/mol. The lowest BCUT2D eigenvalue weighted by Crippen LogP contribution is -2.18. The maximum Gasteiger partial charge on any atom is 0.137 e. The van der Waals surface area contributed by atoms with Crippen molar-refractivity contribution in [3.05, 3.63) is 54.4 Å². The molecule has 2 N–H and O–H groups in total. The van der Waals surface area contributed by atoms with Crippen molar-refractivity contribution in [2.45, 2.75) is 6.54 Å². The van der Waals surface area contributed by atoms with Gasteiger partial charge in [0.15, 0.2) is 0 Å². The number of hydrogen-bond donors (Lipinski definition) is 2. The molecule has 0 unspecified atom stereocenters. The van der Waals surface area contributed by atoms with Crippen molar-refractivity contribution in [3.63, 3.8) is 0 Å². The van der Waals surface area contributed by atoms with Crippen LogP contribution in [0.2, 0.25) is 0 Å². The fourth-order valence-corrected chi connectivity index (χ4v) is 2.42. The highest BCUT2D eigenvalue weighted by Gasteiger charge is 2.05. The van der Waals surface area contributed by atoms with E-state index in [2.05, 4.69) is 51.7 Å². The van der Waals surface area contributed by atoms with Crippen LogP contribution in [0.15, 0.2) is 48.8 Å². The van der Waals surface area contributed by atoms with E-state index in [0.717, 1.165) is 30.7 Å². The van der Waals surface area contributed by atoms with Gasteiger partial charge in [-0.3, -0.25) is 0 Å². The lowest BCUT2D eigenvalue weighted by atomic mass is 10.0. The van der Waals surface area contributed by atoms with Crippen LogP contribution in [0.4, 0.5) is 0 Å². The number of aromatic amines is 1. The summed E-state index contributed by atoms with van der Waals surface area (Å²) in [5.41, 5.74) is 4.62. The Morgan fingerprint density at radius 3 is 2.81 bits per heavy atom. The van der Waals surface area contributed by atoms with E-state index in [0.29, 0.717) is 0 Å². The van der Waals surface area contributed by atoms with Crippen LogP contribution in [0.1, 0.15) is 5.56 Å². The van der Waals surface area contributed by atoms with Gasteiger partial charge in [0, 0.05) is 38.0 Å². The van der Waals surface area contributed by atoms with Crippen molar-refractivity contribution in [2.24, 2.45) is 0 Å². The van der Waals surface area contributed by atoms with E-state index in [4.69, 9.17) is 4.74 Å². The second-order valence-electron chi connectivity index (χ2n) is 4.96. The molecule has 0 aliphatic heterocycles. The number of hydrogen-bond acceptors (Lipinski definition) is 3. The minimum atomic E-state index is 0.737. The monoisotopic (exact) mass is 281 g/mol. The van der Waals surface area contributed by atoms with Crippen LogP contribution in [0, 0.1) is 0 Å². The predicted octanol–water partition coefficient (Wildman–Crippen LogP) is 2.97. The van der Waals surface area contributed by atoms with Crippen molar-refractivity contribution in [1.29, 1.82) is 0 Å². The van der Waals surface area contributed by atoms with Gasteiger partial charge in [0.05, 0.1) is 6.61 Å². The highest BCUT2D eigenvalue weighted by molar-refractivity contribution is 5.92. The molecule has 2 aromatic heterocycles. The molecule has 0 bridgehead atoms. The van der Waals surface area contributed by atoms with Gasteiger partial charge in [-0.25, -0.2) is 4.98 Å². The van der Waals surface area contributed by atoms with E-state index in [1.54, 1.807) is 7.11 Å². The maximum atomic E-state index is 5.02. The summed E-state index contributed by atoms with van der Waals surface area (Å²) in [4.78, 5) is 7.47. The smallest absolute Gasteiger partial charge is 0.137 e. The Bertz CT molecular complexity index is 703. The van der Waals surface area contributed by atoms with Crippen LogP contribution in [0.5, 0.6) is 0 Å². The Morgan fingerprint density at radius 1 is 1.14 bits per heavy atom. The van der Waals surface area contributed by atoms with E-state index in [1.165, 1.54) is 16.7 Å². The number of rotatable bonds is 6. The minimum Gasteiger partial charge on any atom is -0.383 e. The van der Waals surface area contributed by atoms with Gasteiger partial charge < -0.3 is 15.0 Å². The summed E-state index contributed by atoms with van der Waals surface area (Å²) < 4.78 is 5.02. The lowest BCUT2D eigenvalue weighted by molar-refractivity contribution is 0.199. The molecule has 0 amide bonds. The fraction of sp³-hybridized carbons (Fsp3) is 0.235. The SMILES string of the molecule is COCCNCc1ccc(-c2ccnc3[nH]ccc23)cc1. The average molecular weight is 281 g/mol. The Balaban J connectivity index is 1.76. The summed E-state index contributed by atoms with van der Waals surface area (Å²) in [6.07, 6.45) is 3.77. The van der Waals surface area contributed by atoms with Crippen LogP contribution < -0.4 is 5.32 Å². The van der Waals surface area contributed by atoms with Gasteiger partial charge in [0.1, 0.15) is 5.65 Å². The number of fused-ring (bicyclic) bond motifs is 1. The zero-order valence-corrected chi connectivity index (χ0v) is 12.1. The lowest BCUT2D eigenvalue weighted by Gasteiger charge is -2.07. The molecular formula is C17H19N3O.